The smallest absolute Gasteiger partial charge is 0.258 e. The Hall–Kier alpha value is -2.60. The van der Waals surface area contributed by atoms with Crippen LogP contribution in [0.2, 0.25) is 0 Å². The monoisotopic (exact) mass is 421 g/mol. The lowest BCUT2D eigenvalue weighted by Crippen LogP contribution is -2.35. The van der Waals surface area contributed by atoms with Crippen molar-refractivity contribution in [1.29, 1.82) is 0 Å². The normalized spacial score (nSPS) is 23.7. The number of aromatic nitrogens is 1. The highest BCUT2D eigenvalue weighted by molar-refractivity contribution is 6.01. The number of carbonyl (C=O) groups is 1. The van der Waals surface area contributed by atoms with Gasteiger partial charge in [0.15, 0.2) is 0 Å². The fourth-order valence-corrected chi connectivity index (χ4v) is 5.03. The molecule has 31 heavy (non-hydrogen) atoms. The predicted octanol–water partition coefficient (Wildman–Crippen LogP) is 3.91. The number of hydrogen-bond donors (Lipinski definition) is 1. The van der Waals surface area contributed by atoms with Crippen LogP contribution in [0.1, 0.15) is 66.4 Å². The molecule has 6 nitrogen and oxygen atoms in total. The van der Waals surface area contributed by atoms with Crippen molar-refractivity contribution in [3.05, 3.63) is 53.2 Å². The number of anilines is 1. The standard InChI is InChI=1S/C25H31N3O3/c29-20-8-2-3-9-21(20)31-22-10-6-7-19-17-28(25(30)24(19)22)16-18-11-12-23(26-15-18)27-13-4-1-5-14-27/h6-7,10-12,15,20-21,29H,1-5,8-9,13-14,16-17H2. The molecule has 2 unspecified atom stereocenters. The predicted molar refractivity (Wildman–Crippen MR) is 119 cm³/mol. The number of nitrogens with zero attached hydrogens (tertiary/aromatic N) is 3. The highest BCUT2D eigenvalue weighted by atomic mass is 16.5. The maximum absolute atomic E-state index is 13.2. The van der Waals surface area contributed by atoms with Crippen molar-refractivity contribution in [1.82, 2.24) is 9.88 Å². The summed E-state index contributed by atoms with van der Waals surface area (Å²) in [6.07, 6.45) is 8.65. The Labute approximate surface area is 183 Å². The second-order valence-corrected chi connectivity index (χ2v) is 9.03. The molecule has 0 spiro atoms. The van der Waals surface area contributed by atoms with Crippen molar-refractivity contribution in [2.24, 2.45) is 0 Å². The minimum Gasteiger partial charge on any atom is -0.487 e. The van der Waals surface area contributed by atoms with Crippen LogP contribution in [0.3, 0.4) is 0 Å². The van der Waals surface area contributed by atoms with E-state index in [9.17, 15) is 9.90 Å². The molecule has 1 amide bonds. The van der Waals surface area contributed by atoms with Crippen LogP contribution in [0.4, 0.5) is 5.82 Å². The van der Waals surface area contributed by atoms with Crippen molar-refractivity contribution in [3.63, 3.8) is 0 Å². The van der Waals surface area contributed by atoms with Gasteiger partial charge in [0.05, 0.1) is 11.7 Å². The topological polar surface area (TPSA) is 65.9 Å². The Bertz CT molecular complexity index is 924. The first kappa shape index (κ1) is 20.3. The van der Waals surface area contributed by atoms with E-state index in [0.717, 1.165) is 55.7 Å². The summed E-state index contributed by atoms with van der Waals surface area (Å²) in [7, 11) is 0. The first-order valence-electron chi connectivity index (χ1n) is 11.6. The number of rotatable bonds is 5. The summed E-state index contributed by atoms with van der Waals surface area (Å²) >= 11 is 0. The zero-order valence-corrected chi connectivity index (χ0v) is 18.0. The molecular weight excluding hydrogens is 390 g/mol. The van der Waals surface area contributed by atoms with Gasteiger partial charge in [-0.25, -0.2) is 4.98 Å². The molecule has 2 fully saturated rings. The van der Waals surface area contributed by atoms with Crippen LogP contribution in [0.25, 0.3) is 0 Å². The van der Waals surface area contributed by atoms with Crippen LogP contribution >= 0.6 is 0 Å². The highest BCUT2D eigenvalue weighted by Crippen LogP contribution is 2.34. The molecule has 0 radical (unpaired) electrons. The number of amides is 1. The van der Waals surface area contributed by atoms with E-state index in [1.807, 2.05) is 29.3 Å². The zero-order chi connectivity index (χ0) is 21.2. The third kappa shape index (κ3) is 4.26. The number of benzene rings is 1. The molecule has 1 N–H and O–H groups in total. The molecule has 6 heteroatoms. The van der Waals surface area contributed by atoms with Gasteiger partial charge in [-0.3, -0.25) is 4.79 Å². The van der Waals surface area contributed by atoms with Gasteiger partial charge in [0.25, 0.3) is 5.91 Å². The molecule has 1 aromatic heterocycles. The second kappa shape index (κ2) is 8.87. The number of pyridine rings is 1. The van der Waals surface area contributed by atoms with Gasteiger partial charge in [-0.2, -0.15) is 0 Å². The highest BCUT2D eigenvalue weighted by Gasteiger charge is 2.33. The van der Waals surface area contributed by atoms with Crippen molar-refractivity contribution in [3.8, 4) is 5.75 Å². The Kier molecular flexibility index (Phi) is 5.81. The Morgan fingerprint density at radius 2 is 1.87 bits per heavy atom. The van der Waals surface area contributed by atoms with E-state index in [-0.39, 0.29) is 12.0 Å². The summed E-state index contributed by atoms with van der Waals surface area (Å²) in [6, 6.07) is 9.96. The van der Waals surface area contributed by atoms with E-state index in [1.54, 1.807) is 0 Å². The fourth-order valence-electron chi connectivity index (χ4n) is 5.03. The summed E-state index contributed by atoms with van der Waals surface area (Å²) in [5.41, 5.74) is 2.68. The van der Waals surface area contributed by atoms with Gasteiger partial charge < -0.3 is 19.6 Å². The van der Waals surface area contributed by atoms with Crippen LogP contribution in [0, 0.1) is 0 Å². The van der Waals surface area contributed by atoms with Gasteiger partial charge in [0, 0.05) is 32.4 Å². The molecule has 2 aliphatic heterocycles. The quantitative estimate of drug-likeness (QED) is 0.793. The van der Waals surface area contributed by atoms with Gasteiger partial charge in [-0.05, 0) is 61.8 Å². The van der Waals surface area contributed by atoms with E-state index in [4.69, 9.17) is 4.74 Å². The van der Waals surface area contributed by atoms with Gasteiger partial charge in [-0.1, -0.05) is 24.6 Å². The van der Waals surface area contributed by atoms with Crippen molar-refractivity contribution < 1.29 is 14.6 Å². The van der Waals surface area contributed by atoms with Crippen molar-refractivity contribution in [2.75, 3.05) is 18.0 Å². The molecule has 1 aromatic carbocycles. The lowest BCUT2D eigenvalue weighted by atomic mass is 9.94. The summed E-state index contributed by atoms with van der Waals surface area (Å²) in [6.45, 7) is 3.26. The van der Waals surface area contributed by atoms with Crippen molar-refractivity contribution >= 4 is 11.7 Å². The maximum atomic E-state index is 13.2. The molecule has 0 bridgehead atoms. The molecule has 2 atom stereocenters. The molecule has 164 valence electrons. The first-order valence-corrected chi connectivity index (χ1v) is 11.6. The molecule has 1 saturated heterocycles. The van der Waals surface area contributed by atoms with E-state index in [0.29, 0.717) is 24.4 Å². The molecule has 5 rings (SSSR count). The maximum Gasteiger partial charge on any atom is 0.258 e. The van der Waals surface area contributed by atoms with E-state index >= 15 is 0 Å². The number of hydrogen-bond acceptors (Lipinski definition) is 5. The lowest BCUT2D eigenvalue weighted by Gasteiger charge is -2.28. The van der Waals surface area contributed by atoms with Crippen LogP contribution in [0.15, 0.2) is 36.5 Å². The van der Waals surface area contributed by atoms with Crippen LogP contribution < -0.4 is 9.64 Å². The van der Waals surface area contributed by atoms with Gasteiger partial charge >= 0.3 is 0 Å². The summed E-state index contributed by atoms with van der Waals surface area (Å²) in [5.74, 6) is 1.63. The van der Waals surface area contributed by atoms with Gasteiger partial charge in [0.2, 0.25) is 0 Å². The van der Waals surface area contributed by atoms with E-state index in [2.05, 4.69) is 22.0 Å². The van der Waals surface area contributed by atoms with Crippen LogP contribution in [-0.4, -0.2) is 46.2 Å². The number of fused-ring (bicyclic) bond motifs is 1. The average molecular weight is 422 g/mol. The fraction of sp³-hybridized carbons (Fsp3) is 0.520. The summed E-state index contributed by atoms with van der Waals surface area (Å²) in [4.78, 5) is 22.1. The largest absolute Gasteiger partial charge is 0.487 e. The minimum atomic E-state index is -0.457. The SMILES string of the molecule is O=C1c2c(cccc2OC2CCCCC2O)CN1Cc1ccc(N2CCCCC2)nc1. The Morgan fingerprint density at radius 3 is 2.65 bits per heavy atom. The van der Waals surface area contributed by atoms with Gasteiger partial charge in [0.1, 0.15) is 17.7 Å². The first-order chi connectivity index (χ1) is 15.2. The number of aliphatic hydroxyl groups excluding tert-OH is 1. The van der Waals surface area contributed by atoms with Crippen LogP contribution in [0.5, 0.6) is 5.75 Å². The number of carbonyl (C=O) groups excluding carboxylic acids is 1. The number of ether oxygens (including phenoxy) is 1. The molecule has 3 aliphatic rings. The summed E-state index contributed by atoms with van der Waals surface area (Å²) < 4.78 is 6.15. The number of aliphatic hydroxyl groups is 1. The minimum absolute atomic E-state index is 0.00370. The van der Waals surface area contributed by atoms with Crippen LogP contribution in [-0.2, 0) is 13.1 Å². The number of piperidine rings is 1. The molecule has 2 aromatic rings. The second-order valence-electron chi connectivity index (χ2n) is 9.03. The Balaban J connectivity index is 1.28. The lowest BCUT2D eigenvalue weighted by molar-refractivity contribution is 0.00636. The molecule has 1 aliphatic carbocycles. The Morgan fingerprint density at radius 1 is 1.03 bits per heavy atom. The van der Waals surface area contributed by atoms with Crippen molar-refractivity contribution in [2.45, 2.75) is 70.2 Å². The third-order valence-corrected chi connectivity index (χ3v) is 6.78. The molecule has 3 heterocycles. The van der Waals surface area contributed by atoms with E-state index in [1.165, 1.54) is 19.3 Å². The average Bonchev–Trinajstić information content (AvgIpc) is 3.12. The van der Waals surface area contributed by atoms with Gasteiger partial charge in [-0.15, -0.1) is 0 Å². The molecular formula is C25H31N3O3. The molecule has 1 saturated carbocycles. The summed E-state index contributed by atoms with van der Waals surface area (Å²) in [5, 5.41) is 10.3. The third-order valence-electron chi connectivity index (χ3n) is 6.78. The zero-order valence-electron chi connectivity index (χ0n) is 18.0. The van der Waals surface area contributed by atoms with E-state index < -0.39 is 6.10 Å².